The van der Waals surface area contributed by atoms with Crippen LogP contribution >= 0.6 is 0 Å². The summed E-state index contributed by atoms with van der Waals surface area (Å²) in [5.41, 5.74) is 2.30. The van der Waals surface area contributed by atoms with Gasteiger partial charge in [-0.1, -0.05) is 57.4 Å². The molecule has 0 bridgehead atoms. The second kappa shape index (κ2) is 13.8. The van der Waals surface area contributed by atoms with E-state index in [9.17, 15) is 4.39 Å². The number of ether oxygens (including phenoxy) is 1. The van der Waals surface area contributed by atoms with Crippen molar-refractivity contribution in [2.45, 2.75) is 72.1 Å². The maximum Gasteiger partial charge on any atom is 0.319 e. The van der Waals surface area contributed by atoms with Crippen molar-refractivity contribution >= 4 is 27.5 Å². The lowest BCUT2D eigenvalue weighted by molar-refractivity contribution is 0.115. The molecule has 4 aromatic rings. The standard InChI is InChI=1S/C38H42F2N6O.C2H6/c1-3-6-29-31-34(32(40)33(42-29)27-8-5-7-25-9-10-28(39)26(4-2)30(25)27)43-36(44-35(31)46-21-17-41-18-22-46)47-24-38(13-14-38)23-45-19-15-37(11-12-37)16-20-45;1-2/h2,5,7-10,41H,3,6,11-24H2,1H3;1-2H3. The number of piperazine rings is 1. The summed E-state index contributed by atoms with van der Waals surface area (Å²) in [7, 11) is 0. The summed E-state index contributed by atoms with van der Waals surface area (Å²) in [5.74, 6) is 2.06. The van der Waals surface area contributed by atoms with Gasteiger partial charge in [-0.05, 0) is 74.9 Å². The van der Waals surface area contributed by atoms with Gasteiger partial charge >= 0.3 is 6.01 Å². The fourth-order valence-corrected chi connectivity index (χ4v) is 7.74. The average Bonchev–Trinajstić information content (AvgIpc) is 4.08. The molecular formula is C40H48F2N6O. The number of nitrogens with one attached hydrogen (secondary N) is 1. The Bertz CT molecular complexity index is 1880. The summed E-state index contributed by atoms with van der Waals surface area (Å²) in [6, 6.07) is 8.64. The van der Waals surface area contributed by atoms with Crippen LogP contribution in [0.1, 0.15) is 77.0 Å². The number of aryl methyl sites for hydroxylation is 1. The number of rotatable bonds is 9. The molecule has 4 fully saturated rings. The van der Waals surface area contributed by atoms with E-state index in [4.69, 9.17) is 26.1 Å². The predicted octanol–water partition coefficient (Wildman–Crippen LogP) is 7.53. The van der Waals surface area contributed by atoms with E-state index in [0.717, 1.165) is 57.4 Å². The first kappa shape index (κ1) is 33.6. The number of fused-ring (bicyclic) bond motifs is 2. The highest BCUT2D eigenvalue weighted by molar-refractivity contribution is 6.02. The largest absolute Gasteiger partial charge is 0.463 e. The fourth-order valence-electron chi connectivity index (χ4n) is 7.74. The Labute approximate surface area is 288 Å². The molecule has 0 unspecified atom stereocenters. The third-order valence-electron chi connectivity index (χ3n) is 11.0. The Morgan fingerprint density at radius 2 is 1.67 bits per heavy atom. The highest BCUT2D eigenvalue weighted by Crippen LogP contribution is 2.55. The number of nitrogens with zero attached hydrogens (tertiary/aromatic N) is 5. The van der Waals surface area contributed by atoms with Crippen LogP contribution in [0.2, 0.25) is 0 Å². The molecule has 2 aliphatic carbocycles. The number of terminal acetylenes is 1. The van der Waals surface area contributed by atoms with Crippen LogP contribution in [-0.4, -0.2) is 72.3 Å². The molecule has 49 heavy (non-hydrogen) atoms. The van der Waals surface area contributed by atoms with E-state index < -0.39 is 11.6 Å². The Balaban J connectivity index is 0.00000186. The molecule has 2 aliphatic heterocycles. The van der Waals surface area contributed by atoms with Crippen LogP contribution in [0.15, 0.2) is 30.3 Å². The molecule has 2 saturated heterocycles. The van der Waals surface area contributed by atoms with Crippen LogP contribution in [0.4, 0.5) is 14.6 Å². The summed E-state index contributed by atoms with van der Waals surface area (Å²) in [6.07, 6.45) is 14.9. The lowest BCUT2D eigenvalue weighted by Crippen LogP contribution is -2.44. The number of likely N-dealkylation sites (tertiary alicyclic amines) is 1. The number of hydrogen-bond acceptors (Lipinski definition) is 7. The van der Waals surface area contributed by atoms with Gasteiger partial charge in [-0.15, -0.1) is 6.42 Å². The van der Waals surface area contributed by atoms with E-state index in [0.29, 0.717) is 46.3 Å². The van der Waals surface area contributed by atoms with Crippen molar-refractivity contribution in [3.8, 4) is 29.6 Å². The predicted molar refractivity (Wildman–Crippen MR) is 193 cm³/mol. The number of pyridine rings is 1. The monoisotopic (exact) mass is 666 g/mol. The molecule has 9 heteroatoms. The summed E-state index contributed by atoms with van der Waals surface area (Å²) in [6.45, 7) is 13.0. The maximum absolute atomic E-state index is 17.0. The van der Waals surface area contributed by atoms with Gasteiger partial charge in [0.2, 0.25) is 0 Å². The molecule has 8 rings (SSSR count). The van der Waals surface area contributed by atoms with Crippen LogP contribution in [0.3, 0.4) is 0 Å². The summed E-state index contributed by atoms with van der Waals surface area (Å²) < 4.78 is 38.4. The van der Waals surface area contributed by atoms with Gasteiger partial charge in [0, 0.05) is 49.1 Å². The molecule has 1 spiro atoms. The lowest BCUT2D eigenvalue weighted by atomic mass is 9.93. The smallest absolute Gasteiger partial charge is 0.319 e. The number of aromatic nitrogens is 3. The molecule has 0 radical (unpaired) electrons. The van der Waals surface area contributed by atoms with E-state index >= 15 is 4.39 Å². The van der Waals surface area contributed by atoms with Gasteiger partial charge in [0.1, 0.15) is 22.8 Å². The normalized spacial score (nSPS) is 19.4. The van der Waals surface area contributed by atoms with Crippen LogP contribution in [0, 0.1) is 34.8 Å². The van der Waals surface area contributed by atoms with Crippen LogP contribution in [0.25, 0.3) is 32.9 Å². The van der Waals surface area contributed by atoms with E-state index in [2.05, 4.69) is 28.0 Å². The average molecular weight is 667 g/mol. The maximum atomic E-state index is 17.0. The first-order valence-electron chi connectivity index (χ1n) is 18.3. The molecule has 0 atom stereocenters. The van der Waals surface area contributed by atoms with E-state index in [1.54, 1.807) is 12.1 Å². The molecule has 2 saturated carbocycles. The van der Waals surface area contributed by atoms with Gasteiger partial charge in [-0.25, -0.2) is 13.8 Å². The molecule has 7 nitrogen and oxygen atoms in total. The zero-order chi connectivity index (χ0) is 34.2. The second-order valence-corrected chi connectivity index (χ2v) is 14.3. The van der Waals surface area contributed by atoms with E-state index in [1.807, 2.05) is 26.0 Å². The topological polar surface area (TPSA) is 66.4 Å². The van der Waals surface area contributed by atoms with Gasteiger partial charge in [0.15, 0.2) is 5.82 Å². The first-order valence-corrected chi connectivity index (χ1v) is 18.3. The van der Waals surface area contributed by atoms with Crippen molar-refractivity contribution in [3.63, 3.8) is 0 Å². The Morgan fingerprint density at radius 1 is 0.918 bits per heavy atom. The Kier molecular flexibility index (Phi) is 9.47. The molecule has 1 N–H and O–H groups in total. The molecule has 4 heterocycles. The minimum Gasteiger partial charge on any atom is -0.463 e. The molecule has 2 aromatic carbocycles. The highest BCUT2D eigenvalue weighted by atomic mass is 19.1. The van der Waals surface area contributed by atoms with Crippen LogP contribution in [-0.2, 0) is 6.42 Å². The van der Waals surface area contributed by atoms with Crippen molar-refractivity contribution in [2.75, 3.05) is 57.3 Å². The molecule has 2 aromatic heterocycles. The SMILES string of the molecule is C#Cc1c(F)ccc2cccc(-c3nc(CCC)c4c(N5CCNCC5)nc(OCC5(CN6CCC7(CC6)CC7)CC5)nc4c3F)c12.CC. The van der Waals surface area contributed by atoms with Crippen molar-refractivity contribution in [2.24, 2.45) is 10.8 Å². The van der Waals surface area contributed by atoms with Crippen LogP contribution < -0.4 is 15.0 Å². The summed E-state index contributed by atoms with van der Waals surface area (Å²) >= 11 is 0. The van der Waals surface area contributed by atoms with Gasteiger partial charge in [-0.2, -0.15) is 9.97 Å². The highest BCUT2D eigenvalue weighted by Gasteiger charge is 2.49. The molecule has 258 valence electrons. The van der Waals surface area contributed by atoms with Gasteiger partial charge < -0.3 is 19.9 Å². The van der Waals surface area contributed by atoms with E-state index in [1.165, 1.54) is 44.8 Å². The second-order valence-electron chi connectivity index (χ2n) is 14.3. The van der Waals surface area contributed by atoms with Crippen molar-refractivity contribution in [1.82, 2.24) is 25.2 Å². The summed E-state index contributed by atoms with van der Waals surface area (Å²) in [4.78, 5) is 19.5. The van der Waals surface area contributed by atoms with E-state index in [-0.39, 0.29) is 28.2 Å². The molecule has 4 aliphatic rings. The van der Waals surface area contributed by atoms with Crippen molar-refractivity contribution < 1.29 is 13.5 Å². The number of halogens is 2. The Morgan fingerprint density at radius 3 is 2.35 bits per heavy atom. The fraction of sp³-hybridized carbons (Fsp3) is 0.525. The summed E-state index contributed by atoms with van der Waals surface area (Å²) in [5, 5.41) is 5.22. The van der Waals surface area contributed by atoms with Gasteiger partial charge in [0.05, 0.1) is 23.3 Å². The van der Waals surface area contributed by atoms with Crippen molar-refractivity contribution in [1.29, 1.82) is 0 Å². The quantitative estimate of drug-likeness (QED) is 0.185. The molecule has 0 amide bonds. The number of piperidine rings is 1. The zero-order valence-corrected chi connectivity index (χ0v) is 29.2. The lowest BCUT2D eigenvalue weighted by Gasteiger charge is -2.34. The number of benzene rings is 2. The van der Waals surface area contributed by atoms with Crippen LogP contribution in [0.5, 0.6) is 6.01 Å². The van der Waals surface area contributed by atoms with Crippen molar-refractivity contribution in [3.05, 3.63) is 53.2 Å². The number of anilines is 1. The van der Waals surface area contributed by atoms with Gasteiger partial charge in [0.25, 0.3) is 0 Å². The zero-order valence-electron chi connectivity index (χ0n) is 29.2. The third kappa shape index (κ3) is 6.58. The first-order chi connectivity index (χ1) is 23.9. The minimum atomic E-state index is -0.577. The third-order valence-corrected chi connectivity index (χ3v) is 11.0. The molecular weight excluding hydrogens is 618 g/mol. The minimum absolute atomic E-state index is 0.0928. The van der Waals surface area contributed by atoms with Gasteiger partial charge in [-0.3, -0.25) is 0 Å². The number of hydrogen-bond donors (Lipinski definition) is 1. The Hall–Kier alpha value is -3.87.